The Morgan fingerprint density at radius 1 is 1.78 bits per heavy atom. The predicted molar refractivity (Wildman–Crippen MR) is 33.5 cm³/mol. The van der Waals surface area contributed by atoms with Crippen LogP contribution in [0.3, 0.4) is 0 Å². The summed E-state index contributed by atoms with van der Waals surface area (Å²) in [6, 6.07) is 0. The van der Waals surface area contributed by atoms with Crippen molar-refractivity contribution < 1.29 is 9.00 Å². The second-order valence-corrected chi connectivity index (χ2v) is 3.30. The van der Waals surface area contributed by atoms with Crippen LogP contribution in [0.5, 0.6) is 0 Å². The van der Waals surface area contributed by atoms with E-state index in [0.717, 1.165) is 0 Å². The van der Waals surface area contributed by atoms with Gasteiger partial charge in [0.05, 0.1) is 0 Å². The zero-order chi connectivity index (χ0) is 6.85. The molecule has 3 N–H and O–H groups in total. The zero-order valence-electron chi connectivity index (χ0n) is 4.79. The molecular formula is C4H8N2O2S. The van der Waals surface area contributed by atoms with E-state index in [9.17, 15) is 9.00 Å². The van der Waals surface area contributed by atoms with Crippen molar-refractivity contribution in [2.24, 2.45) is 5.73 Å². The standard InChI is InChI=1S/C4H8N2O2S/c5-3-1-2-4(7)6-9(3)8/h3H,1-2,5H2,(H,6,7). The first-order valence-electron chi connectivity index (χ1n) is 2.66. The van der Waals surface area contributed by atoms with Crippen LogP contribution >= 0.6 is 0 Å². The summed E-state index contributed by atoms with van der Waals surface area (Å²) in [7, 11) is -1.34. The molecule has 0 spiro atoms. The van der Waals surface area contributed by atoms with Crippen molar-refractivity contribution in [2.75, 3.05) is 0 Å². The Hall–Kier alpha value is -0.420. The summed E-state index contributed by atoms with van der Waals surface area (Å²) in [6.45, 7) is 0. The second kappa shape index (κ2) is 2.45. The lowest BCUT2D eigenvalue weighted by Gasteiger charge is -2.16. The minimum absolute atomic E-state index is 0.171. The van der Waals surface area contributed by atoms with Crippen LogP contribution in [0.15, 0.2) is 0 Å². The van der Waals surface area contributed by atoms with Gasteiger partial charge in [-0.1, -0.05) is 0 Å². The van der Waals surface area contributed by atoms with Crippen LogP contribution in [0.4, 0.5) is 0 Å². The van der Waals surface area contributed by atoms with Crippen molar-refractivity contribution in [1.82, 2.24) is 4.72 Å². The largest absolute Gasteiger partial charge is 0.316 e. The highest BCUT2D eigenvalue weighted by Crippen LogP contribution is 2.03. The Balaban J connectivity index is 2.54. The highest BCUT2D eigenvalue weighted by atomic mass is 32.2. The molecule has 0 aromatic heterocycles. The lowest BCUT2D eigenvalue weighted by atomic mass is 10.3. The monoisotopic (exact) mass is 148 g/mol. The van der Waals surface area contributed by atoms with Gasteiger partial charge in [0.1, 0.15) is 16.4 Å². The molecule has 5 heteroatoms. The van der Waals surface area contributed by atoms with Gasteiger partial charge in [0.25, 0.3) is 0 Å². The van der Waals surface area contributed by atoms with E-state index in [1.807, 2.05) is 0 Å². The number of rotatable bonds is 0. The molecule has 0 radical (unpaired) electrons. The van der Waals surface area contributed by atoms with Crippen molar-refractivity contribution in [3.63, 3.8) is 0 Å². The minimum atomic E-state index is -1.34. The number of nitrogens with one attached hydrogen (secondary N) is 1. The summed E-state index contributed by atoms with van der Waals surface area (Å²) < 4.78 is 12.9. The third-order valence-electron chi connectivity index (χ3n) is 1.15. The number of hydrogen-bond acceptors (Lipinski definition) is 3. The first-order valence-corrected chi connectivity index (χ1v) is 3.87. The van der Waals surface area contributed by atoms with Gasteiger partial charge in [0, 0.05) is 6.42 Å². The summed E-state index contributed by atoms with van der Waals surface area (Å²) >= 11 is 0. The first kappa shape index (κ1) is 6.70. The van der Waals surface area contributed by atoms with Crippen LogP contribution in [0.25, 0.3) is 0 Å². The molecule has 1 rings (SSSR count). The minimum Gasteiger partial charge on any atom is -0.316 e. The van der Waals surface area contributed by atoms with Crippen LogP contribution < -0.4 is 10.5 Å². The van der Waals surface area contributed by atoms with E-state index in [2.05, 4.69) is 4.72 Å². The summed E-state index contributed by atoms with van der Waals surface area (Å²) in [5.41, 5.74) is 5.33. The maximum atomic E-state index is 10.7. The van der Waals surface area contributed by atoms with E-state index in [4.69, 9.17) is 5.73 Å². The van der Waals surface area contributed by atoms with Crippen LogP contribution in [0, 0.1) is 0 Å². The molecule has 0 saturated carbocycles. The van der Waals surface area contributed by atoms with Crippen LogP contribution in [-0.2, 0) is 15.8 Å². The van der Waals surface area contributed by atoms with Crippen molar-refractivity contribution in [3.05, 3.63) is 0 Å². The molecule has 1 aliphatic rings. The Morgan fingerprint density at radius 2 is 2.44 bits per heavy atom. The zero-order valence-corrected chi connectivity index (χ0v) is 5.61. The average molecular weight is 148 g/mol. The maximum Gasteiger partial charge on any atom is 0.231 e. The molecule has 2 unspecified atom stereocenters. The number of hydrogen-bond donors (Lipinski definition) is 2. The molecule has 1 saturated heterocycles. The van der Waals surface area contributed by atoms with E-state index >= 15 is 0 Å². The van der Waals surface area contributed by atoms with Gasteiger partial charge in [-0.3, -0.25) is 9.52 Å². The number of nitrogens with two attached hydrogens (primary N) is 1. The van der Waals surface area contributed by atoms with Crippen LogP contribution in [-0.4, -0.2) is 15.5 Å². The van der Waals surface area contributed by atoms with Gasteiger partial charge in [0.2, 0.25) is 5.91 Å². The molecule has 52 valence electrons. The Morgan fingerprint density at radius 3 is 2.89 bits per heavy atom. The smallest absolute Gasteiger partial charge is 0.231 e. The van der Waals surface area contributed by atoms with Crippen molar-refractivity contribution >= 4 is 16.9 Å². The van der Waals surface area contributed by atoms with Crippen LogP contribution in [0.1, 0.15) is 12.8 Å². The lowest BCUT2D eigenvalue weighted by molar-refractivity contribution is -0.119. The number of carbonyl (C=O) groups is 1. The van der Waals surface area contributed by atoms with Gasteiger partial charge in [-0.25, -0.2) is 4.21 Å². The van der Waals surface area contributed by atoms with E-state index in [1.54, 1.807) is 0 Å². The SMILES string of the molecule is NC1CCC(=O)NS1=O. The molecule has 1 fully saturated rings. The fourth-order valence-corrected chi connectivity index (χ4v) is 1.43. The maximum absolute atomic E-state index is 10.7. The van der Waals surface area contributed by atoms with Gasteiger partial charge >= 0.3 is 0 Å². The summed E-state index contributed by atoms with van der Waals surface area (Å²) in [5.74, 6) is -0.171. The molecule has 0 aliphatic carbocycles. The lowest BCUT2D eigenvalue weighted by Crippen LogP contribution is -2.43. The normalized spacial score (nSPS) is 35.9. The Kier molecular flexibility index (Phi) is 1.82. The van der Waals surface area contributed by atoms with E-state index < -0.39 is 11.0 Å². The third kappa shape index (κ3) is 1.49. The van der Waals surface area contributed by atoms with Crippen LogP contribution in [0.2, 0.25) is 0 Å². The molecule has 1 aliphatic heterocycles. The van der Waals surface area contributed by atoms with Gasteiger partial charge in [-0.05, 0) is 6.42 Å². The predicted octanol–water partition coefficient (Wildman–Crippen LogP) is -1.16. The third-order valence-corrected chi connectivity index (χ3v) is 2.36. The van der Waals surface area contributed by atoms with E-state index in [-0.39, 0.29) is 11.3 Å². The molecule has 9 heavy (non-hydrogen) atoms. The molecule has 1 amide bonds. The molecule has 2 atom stereocenters. The van der Waals surface area contributed by atoms with Gasteiger partial charge in [0.15, 0.2) is 0 Å². The average Bonchev–Trinajstić information content (AvgIpc) is 1.80. The molecule has 1 heterocycles. The molecule has 0 aromatic carbocycles. The topological polar surface area (TPSA) is 72.2 Å². The van der Waals surface area contributed by atoms with Gasteiger partial charge < -0.3 is 5.73 Å². The highest BCUT2D eigenvalue weighted by Gasteiger charge is 2.20. The molecular weight excluding hydrogens is 140 g/mol. The highest BCUT2D eigenvalue weighted by molar-refractivity contribution is 7.84. The van der Waals surface area contributed by atoms with Crippen molar-refractivity contribution in [3.8, 4) is 0 Å². The summed E-state index contributed by atoms with van der Waals surface area (Å²) in [6.07, 6.45) is 0.922. The first-order chi connectivity index (χ1) is 4.20. The van der Waals surface area contributed by atoms with Gasteiger partial charge in [-0.2, -0.15) is 0 Å². The second-order valence-electron chi connectivity index (χ2n) is 1.90. The number of amides is 1. The van der Waals surface area contributed by atoms with Crippen molar-refractivity contribution in [2.45, 2.75) is 18.2 Å². The molecule has 0 bridgehead atoms. The molecule has 4 nitrogen and oxygen atoms in total. The summed E-state index contributed by atoms with van der Waals surface area (Å²) in [4.78, 5) is 10.5. The van der Waals surface area contributed by atoms with Crippen molar-refractivity contribution in [1.29, 1.82) is 0 Å². The Labute approximate surface area is 55.4 Å². The fraction of sp³-hybridized carbons (Fsp3) is 0.750. The van der Waals surface area contributed by atoms with E-state index in [0.29, 0.717) is 12.8 Å². The number of carbonyl (C=O) groups excluding carboxylic acids is 1. The fourth-order valence-electron chi connectivity index (χ4n) is 0.619. The molecule has 0 aromatic rings. The van der Waals surface area contributed by atoms with Gasteiger partial charge in [-0.15, -0.1) is 0 Å². The summed E-state index contributed by atoms with van der Waals surface area (Å²) in [5, 5.41) is -0.373. The Bertz CT molecular complexity index is 159. The van der Waals surface area contributed by atoms with E-state index in [1.165, 1.54) is 0 Å². The quantitative estimate of drug-likeness (QED) is 0.455.